The summed E-state index contributed by atoms with van der Waals surface area (Å²) in [5.41, 5.74) is 6.12. The summed E-state index contributed by atoms with van der Waals surface area (Å²) in [4.78, 5) is 36.0. The van der Waals surface area contributed by atoms with Gasteiger partial charge in [0.15, 0.2) is 17.4 Å². The quantitative estimate of drug-likeness (QED) is 0.189. The van der Waals surface area contributed by atoms with Crippen LogP contribution in [0.2, 0.25) is 0 Å². The molecular formula is C38H43F3N4O4S. The van der Waals surface area contributed by atoms with Crippen LogP contribution in [0, 0.1) is 19.7 Å². The van der Waals surface area contributed by atoms with Crippen molar-refractivity contribution in [2.24, 2.45) is 0 Å². The average Bonchev–Trinajstić information content (AvgIpc) is 3.68. The number of hydrogen-bond donors (Lipinski definition) is 2. The van der Waals surface area contributed by atoms with E-state index in [9.17, 15) is 27.6 Å². The summed E-state index contributed by atoms with van der Waals surface area (Å²) in [6.07, 6.45) is -0.839. The van der Waals surface area contributed by atoms with Gasteiger partial charge in [-0.25, -0.2) is 4.39 Å². The molecule has 1 aliphatic rings. The molecule has 0 radical (unpaired) electrons. The first-order chi connectivity index (χ1) is 23.5. The smallest absolute Gasteiger partial charge is 0.395 e. The third kappa shape index (κ3) is 11.4. The predicted octanol–water partition coefficient (Wildman–Crippen LogP) is 9.81. The second-order valence-electron chi connectivity index (χ2n) is 12.0. The largest absolute Gasteiger partial charge is 0.430 e. The van der Waals surface area contributed by atoms with Crippen LogP contribution in [0.4, 0.5) is 24.7 Å². The van der Waals surface area contributed by atoms with Crippen LogP contribution in [0.25, 0.3) is 11.3 Å². The van der Waals surface area contributed by atoms with E-state index in [1.165, 1.54) is 17.2 Å². The lowest BCUT2D eigenvalue weighted by atomic mass is 9.98. The van der Waals surface area contributed by atoms with Crippen LogP contribution >= 0.6 is 11.8 Å². The van der Waals surface area contributed by atoms with Crippen LogP contribution in [0.1, 0.15) is 80.9 Å². The van der Waals surface area contributed by atoms with Gasteiger partial charge in [-0.3, -0.25) is 19.6 Å². The lowest BCUT2D eigenvalue weighted by Crippen LogP contribution is -2.25. The summed E-state index contributed by atoms with van der Waals surface area (Å²) in [6, 6.07) is 18.7. The third-order valence-electron chi connectivity index (χ3n) is 7.27. The van der Waals surface area contributed by atoms with Gasteiger partial charge in [-0.1, -0.05) is 80.6 Å². The minimum Gasteiger partial charge on any atom is -0.430 e. The van der Waals surface area contributed by atoms with E-state index in [1.54, 1.807) is 24.8 Å². The normalized spacial score (nSPS) is 13.4. The Bertz CT molecular complexity index is 1830. The number of Topliss-reactive ketones (excluding diaryl/α,β-unsaturated/α-hetero) is 1. The molecule has 0 spiro atoms. The Morgan fingerprint density at radius 2 is 1.70 bits per heavy atom. The van der Waals surface area contributed by atoms with Gasteiger partial charge < -0.3 is 14.8 Å². The molecule has 2 amide bonds. The van der Waals surface area contributed by atoms with Gasteiger partial charge in [0.2, 0.25) is 5.91 Å². The van der Waals surface area contributed by atoms with Crippen LogP contribution < -0.4 is 15.0 Å². The van der Waals surface area contributed by atoms with Crippen molar-refractivity contribution in [1.29, 1.82) is 0 Å². The molecule has 0 unspecified atom stereocenters. The Morgan fingerprint density at radius 3 is 2.26 bits per heavy atom. The number of H-pyrrole nitrogens is 1. The summed E-state index contributed by atoms with van der Waals surface area (Å²) in [5, 5.41) is 10.4. The van der Waals surface area contributed by atoms with Gasteiger partial charge in [0.05, 0.1) is 22.2 Å². The van der Waals surface area contributed by atoms with Crippen molar-refractivity contribution in [1.82, 2.24) is 10.2 Å². The number of thioether (sulfide) groups is 1. The minimum absolute atomic E-state index is 0.0563. The molecule has 1 aliphatic heterocycles. The van der Waals surface area contributed by atoms with Gasteiger partial charge in [0.1, 0.15) is 5.78 Å². The lowest BCUT2D eigenvalue weighted by molar-refractivity contribution is -0.160. The number of carbonyl (C=O) groups excluding carboxylic acids is 3. The molecule has 4 aromatic rings. The number of nitrogens with one attached hydrogen (secondary N) is 2. The van der Waals surface area contributed by atoms with Crippen LogP contribution in [-0.4, -0.2) is 39.7 Å². The molecule has 0 saturated carbocycles. The Hall–Kier alpha value is -4.84. The van der Waals surface area contributed by atoms with Crippen LogP contribution in [-0.2, 0) is 9.59 Å². The topological polar surface area (TPSA) is 104 Å². The summed E-state index contributed by atoms with van der Waals surface area (Å²) in [6.45, 7) is 14.3. The third-order valence-corrected chi connectivity index (χ3v) is 8.38. The number of rotatable bonds is 8. The van der Waals surface area contributed by atoms with Gasteiger partial charge in [0, 0.05) is 25.0 Å². The molecular weight excluding hydrogens is 666 g/mol. The van der Waals surface area contributed by atoms with Crippen molar-refractivity contribution in [3.8, 4) is 17.0 Å². The minimum atomic E-state index is -3.52. The van der Waals surface area contributed by atoms with Crippen molar-refractivity contribution in [3.05, 3.63) is 106 Å². The Balaban J connectivity index is 0.000000253. The van der Waals surface area contributed by atoms with Gasteiger partial charge in [0.25, 0.3) is 5.91 Å². The van der Waals surface area contributed by atoms with Crippen LogP contribution in [0.3, 0.4) is 0 Å². The molecule has 1 fully saturated rings. The van der Waals surface area contributed by atoms with Gasteiger partial charge in [-0.15, -0.1) is 0 Å². The Kier molecular flexibility index (Phi) is 14.0. The maximum absolute atomic E-state index is 13.9. The number of aryl methyl sites for hydroxylation is 2. The molecule has 1 aromatic heterocycles. The highest BCUT2D eigenvalue weighted by Gasteiger charge is 2.29. The van der Waals surface area contributed by atoms with E-state index in [0.29, 0.717) is 30.7 Å². The van der Waals surface area contributed by atoms with E-state index < -0.39 is 23.6 Å². The number of aromatic nitrogens is 2. The number of benzene rings is 3. The van der Waals surface area contributed by atoms with E-state index in [0.717, 1.165) is 34.0 Å². The molecule has 8 nitrogen and oxygen atoms in total. The molecule has 3 aromatic carbocycles. The number of nitrogens with zero attached hydrogens (tertiary/aromatic N) is 2. The fraction of sp³-hybridized carbons (Fsp3) is 0.316. The maximum Gasteiger partial charge on any atom is 0.395 e. The fourth-order valence-corrected chi connectivity index (χ4v) is 5.46. The summed E-state index contributed by atoms with van der Waals surface area (Å²) in [5.74, 6) is -0.692. The predicted molar refractivity (Wildman–Crippen MR) is 194 cm³/mol. The maximum atomic E-state index is 13.9. The van der Waals surface area contributed by atoms with Crippen molar-refractivity contribution in [2.45, 2.75) is 73.8 Å². The van der Waals surface area contributed by atoms with E-state index in [1.807, 2.05) is 56.0 Å². The number of ether oxygens (including phenoxy) is 1. The first-order valence-corrected chi connectivity index (χ1v) is 17.0. The monoisotopic (exact) mass is 708 g/mol. The second-order valence-corrected chi connectivity index (χ2v) is 13.0. The number of ketones is 1. The zero-order valence-corrected chi connectivity index (χ0v) is 30.3. The van der Waals surface area contributed by atoms with E-state index in [4.69, 9.17) is 0 Å². The molecule has 1 saturated heterocycles. The first-order valence-electron chi connectivity index (χ1n) is 16.0. The number of halogens is 3. The molecule has 50 heavy (non-hydrogen) atoms. The number of hydrogen-bond acceptors (Lipinski definition) is 6. The van der Waals surface area contributed by atoms with Crippen LogP contribution in [0.5, 0.6) is 5.75 Å². The zero-order chi connectivity index (χ0) is 37.2. The number of allylic oxidation sites excluding steroid dienone is 1. The van der Waals surface area contributed by atoms with Gasteiger partial charge in [-0.05, 0) is 74.6 Å². The molecule has 12 heteroatoms. The second kappa shape index (κ2) is 17.7. The fourth-order valence-electron chi connectivity index (χ4n) is 4.56. The molecule has 266 valence electrons. The van der Waals surface area contributed by atoms with Crippen molar-refractivity contribution in [3.63, 3.8) is 0 Å². The van der Waals surface area contributed by atoms with Gasteiger partial charge in [-0.2, -0.15) is 13.9 Å². The molecule has 0 atom stereocenters. The summed E-state index contributed by atoms with van der Waals surface area (Å²) >= 11 is 1.62. The highest BCUT2D eigenvalue weighted by Crippen LogP contribution is 2.38. The van der Waals surface area contributed by atoms with Crippen molar-refractivity contribution < 1.29 is 32.3 Å². The molecule has 2 heterocycles. The summed E-state index contributed by atoms with van der Waals surface area (Å²) < 4.78 is 43.7. The number of anilines is 2. The zero-order valence-electron chi connectivity index (χ0n) is 29.5. The number of alkyl halides is 2. The standard InChI is InChI=1S/C19H16F3N3O2.C15H19NOS.C4H8O/c1-11-3-5-12(6-4-11)15-10-17(25-24-15)23-18(26)13-7-8-16(14(20)9-13)27-19(2,21)22;1-5-15-16(14(17)9-18-15)13-8-11(4)6-7-12(13)10(2)3;1-3-4(2)5/h3-10H,1-2H3,(H2,23,24,25,26);5-8,10H,9H2,1-4H3;3H2,1-2H3/b;15-5-;. The average molecular weight is 709 g/mol. The van der Waals surface area contributed by atoms with Crippen LogP contribution in [0.15, 0.2) is 77.8 Å². The lowest BCUT2D eigenvalue weighted by Gasteiger charge is -2.23. The molecule has 5 rings (SSSR count). The Labute approximate surface area is 295 Å². The Morgan fingerprint density at radius 1 is 1.06 bits per heavy atom. The molecule has 0 bridgehead atoms. The number of aromatic amines is 1. The SMILES string of the molecule is C/C=C1\SCC(=O)N1c1cc(C)ccc1C(C)C.CCC(C)=O.Cc1ccc(-c2cc(NC(=O)c3ccc(OC(C)(F)F)c(F)c3)n[nH]2)cc1. The van der Waals surface area contributed by atoms with Crippen molar-refractivity contribution in [2.75, 3.05) is 16.0 Å². The number of carbonyl (C=O) groups is 3. The molecule has 0 aliphatic carbocycles. The first kappa shape index (κ1) is 39.6. The van der Waals surface area contributed by atoms with Crippen molar-refractivity contribution >= 4 is 40.9 Å². The van der Waals surface area contributed by atoms with Gasteiger partial charge >= 0.3 is 6.11 Å². The number of amides is 2. The van der Waals surface area contributed by atoms with E-state index in [-0.39, 0.29) is 23.1 Å². The highest BCUT2D eigenvalue weighted by atomic mass is 32.2. The van der Waals surface area contributed by atoms with E-state index in [2.05, 4.69) is 59.2 Å². The van der Waals surface area contributed by atoms with E-state index >= 15 is 0 Å². The highest BCUT2D eigenvalue weighted by molar-refractivity contribution is 8.04. The molecule has 2 N–H and O–H groups in total. The summed E-state index contributed by atoms with van der Waals surface area (Å²) in [7, 11) is 0.